The van der Waals surface area contributed by atoms with Crippen LogP contribution in [0.3, 0.4) is 0 Å². The highest BCUT2D eigenvalue weighted by Gasteiger charge is 2.52. The Balaban J connectivity index is 0.000000525. The van der Waals surface area contributed by atoms with E-state index in [0.717, 1.165) is 44.5 Å². The SMILES string of the molecule is CC[C@H]1OC(=O)[C@H](C)[C@@H](O[C@H]2C[C@@](C)(OC)[C@@H](O)[C@H](C)O2)[C@H](C)[C@@H](O[C@@H]2O[C@H](C)CC[C@H]2O)[C@](C)(O)C[C@@H](C)CN(C)[C@H](C)[C@@H](O)[C@]1(C)O.CN(C)CCCC/C(N)=C/N(N)CCc1ccccc1. The molecule has 0 aromatic heterocycles. The van der Waals surface area contributed by atoms with Crippen molar-refractivity contribution >= 4 is 5.97 Å². The summed E-state index contributed by atoms with van der Waals surface area (Å²) < 4.78 is 37.1. The highest BCUT2D eigenvalue weighted by molar-refractivity contribution is 5.73. The van der Waals surface area contributed by atoms with Gasteiger partial charge in [-0.25, -0.2) is 5.84 Å². The van der Waals surface area contributed by atoms with Gasteiger partial charge in [-0.05, 0) is 139 Å². The Morgan fingerprint density at radius 3 is 2.19 bits per heavy atom. The molecule has 0 aliphatic carbocycles. The third-order valence-electron chi connectivity index (χ3n) is 14.6. The number of rotatable bonds is 15. The van der Waals surface area contributed by atoms with E-state index in [-0.39, 0.29) is 31.3 Å². The van der Waals surface area contributed by atoms with Gasteiger partial charge in [-0.15, -0.1) is 0 Å². The van der Waals surface area contributed by atoms with Crippen LogP contribution in [0.4, 0.5) is 0 Å². The number of hydrogen-bond donors (Lipinski definition) is 7. The summed E-state index contributed by atoms with van der Waals surface area (Å²) >= 11 is 0. The van der Waals surface area contributed by atoms with Crippen LogP contribution in [0.5, 0.6) is 0 Å². The average Bonchev–Trinajstić information content (AvgIpc) is 3.28. The minimum absolute atomic E-state index is 0.123. The molecule has 9 N–H and O–H groups in total. The summed E-state index contributed by atoms with van der Waals surface area (Å²) in [6.45, 7) is 19.9. The van der Waals surface area contributed by atoms with E-state index in [2.05, 4.69) is 31.1 Å². The van der Waals surface area contributed by atoms with Gasteiger partial charge in [0, 0.05) is 50.5 Å². The molecular weight excluding hydrogens is 887 g/mol. The number of carbonyl (C=O) groups excluding carboxylic acids is 1. The summed E-state index contributed by atoms with van der Waals surface area (Å²) in [6.07, 6.45) is -1.26. The molecule has 3 aliphatic rings. The molecule has 17 atom stereocenters. The van der Waals surface area contributed by atoms with Crippen molar-refractivity contribution in [1.29, 1.82) is 0 Å². The molecule has 1 aromatic carbocycles. The van der Waals surface area contributed by atoms with Crippen molar-refractivity contribution in [3.8, 4) is 0 Å². The van der Waals surface area contributed by atoms with E-state index < -0.39 is 96.0 Å². The van der Waals surface area contributed by atoms with Gasteiger partial charge in [0.25, 0.3) is 0 Å². The fourth-order valence-electron chi connectivity index (χ4n) is 10.1. The number of likely N-dealkylation sites (N-methyl/N-ethyl adjacent to an activating group) is 1. The number of nitrogens with two attached hydrogens (primary N) is 2. The summed E-state index contributed by atoms with van der Waals surface area (Å²) in [5, 5.41) is 58.9. The largest absolute Gasteiger partial charge is 0.459 e. The number of ether oxygens (including phenoxy) is 6. The molecule has 17 nitrogen and oxygen atoms in total. The van der Waals surface area contributed by atoms with E-state index in [1.807, 2.05) is 57.1 Å². The van der Waals surface area contributed by atoms with Gasteiger partial charge in [-0.3, -0.25) is 4.79 Å². The Labute approximate surface area is 414 Å². The van der Waals surface area contributed by atoms with Crippen molar-refractivity contribution in [1.82, 2.24) is 14.8 Å². The first-order valence-electron chi connectivity index (χ1n) is 25.4. The summed E-state index contributed by atoms with van der Waals surface area (Å²) in [5.74, 6) is 3.43. The van der Waals surface area contributed by atoms with Gasteiger partial charge >= 0.3 is 5.97 Å². The molecule has 3 fully saturated rings. The number of allylic oxidation sites excluding steroid dienone is 1. The molecule has 3 heterocycles. The van der Waals surface area contributed by atoms with Gasteiger partial charge in [0.15, 0.2) is 12.6 Å². The van der Waals surface area contributed by atoms with Crippen LogP contribution >= 0.6 is 0 Å². The third-order valence-corrected chi connectivity index (χ3v) is 14.6. The number of methoxy groups -OCH3 is 1. The number of hydrazine groups is 1. The van der Waals surface area contributed by atoms with Crippen LogP contribution < -0.4 is 11.6 Å². The number of aliphatic hydroxyl groups is 5. The van der Waals surface area contributed by atoms with Crippen molar-refractivity contribution < 1.29 is 58.7 Å². The molecule has 0 radical (unpaired) electrons. The standard InChI is InChI=1S/C36H67NO12.C16H28N4/c1-13-26-36(10,43)29(39)23(6)37(11)18-19(2)16-34(8,42)31(49-33-25(38)15-14-20(3)45-33)21(4)28(22(5)32(41)47-26)48-27-17-35(9,44-12)30(40)24(7)46-27;1-19(2)12-7-6-10-16(17)14-20(18)13-11-15-8-4-3-5-9-15/h19-31,33,38-40,42-43H,13-18H2,1-12H3;3-5,8-9,14H,6-7,10-13,17-18H2,1-2H3/b;16-14-/t19-,20-,21+,22-,23-,24+,25-,26-,27+,28+,29-,30+,31-,33+,34-,35-,36-;/m1./s1. The Morgan fingerprint density at radius 1 is 0.928 bits per heavy atom. The smallest absolute Gasteiger partial charge is 0.311 e. The normalized spacial score (nSPS) is 39.1. The van der Waals surface area contributed by atoms with Crippen molar-refractivity contribution in [2.24, 2.45) is 29.3 Å². The molecule has 0 unspecified atom stereocenters. The lowest BCUT2D eigenvalue weighted by atomic mass is 9.77. The van der Waals surface area contributed by atoms with E-state index in [1.165, 1.54) is 19.6 Å². The molecule has 400 valence electrons. The second-order valence-electron chi connectivity index (χ2n) is 21.5. The molecule has 3 saturated heterocycles. The number of nitrogens with zero attached hydrogens (tertiary/aromatic N) is 3. The first kappa shape index (κ1) is 60.8. The molecule has 1 aromatic rings. The van der Waals surface area contributed by atoms with E-state index in [9.17, 15) is 30.3 Å². The topological polar surface area (TPSA) is 235 Å². The molecule has 0 bridgehead atoms. The lowest BCUT2D eigenvalue weighted by molar-refractivity contribution is -0.314. The van der Waals surface area contributed by atoms with Gasteiger partial charge in [-0.2, -0.15) is 0 Å². The monoisotopic (exact) mass is 982 g/mol. The van der Waals surface area contributed by atoms with Gasteiger partial charge in [-0.1, -0.05) is 51.1 Å². The average molecular weight is 982 g/mol. The summed E-state index contributed by atoms with van der Waals surface area (Å²) in [6, 6.07) is 9.82. The lowest BCUT2D eigenvalue weighted by Crippen LogP contribution is -2.59. The second-order valence-corrected chi connectivity index (χ2v) is 21.5. The minimum atomic E-state index is -1.79. The van der Waals surface area contributed by atoms with Gasteiger partial charge in [0.05, 0.1) is 41.5 Å². The summed E-state index contributed by atoms with van der Waals surface area (Å²) in [4.78, 5) is 18.2. The first-order valence-corrected chi connectivity index (χ1v) is 25.4. The van der Waals surface area contributed by atoms with E-state index in [1.54, 1.807) is 46.6 Å². The third kappa shape index (κ3) is 17.9. The zero-order valence-corrected chi connectivity index (χ0v) is 44.6. The number of hydrogen-bond acceptors (Lipinski definition) is 17. The molecule has 0 saturated carbocycles. The number of cyclic esters (lactones) is 1. The first-order chi connectivity index (χ1) is 32.2. The molecule has 17 heteroatoms. The fraction of sp³-hybridized carbons (Fsp3) is 0.827. The van der Waals surface area contributed by atoms with Gasteiger partial charge in [0.2, 0.25) is 0 Å². The van der Waals surface area contributed by atoms with Crippen LogP contribution in [-0.4, -0.2) is 178 Å². The van der Waals surface area contributed by atoms with E-state index >= 15 is 0 Å². The van der Waals surface area contributed by atoms with E-state index in [0.29, 0.717) is 19.4 Å². The predicted octanol–water partition coefficient (Wildman–Crippen LogP) is 4.30. The van der Waals surface area contributed by atoms with Crippen LogP contribution in [0.1, 0.15) is 126 Å². The lowest BCUT2D eigenvalue weighted by Gasteiger charge is -2.48. The second kappa shape index (κ2) is 27.5. The Kier molecular flexibility index (Phi) is 24.3. The van der Waals surface area contributed by atoms with Crippen LogP contribution in [0, 0.1) is 17.8 Å². The van der Waals surface area contributed by atoms with Gasteiger partial charge < -0.3 is 74.5 Å². The van der Waals surface area contributed by atoms with Crippen LogP contribution in [0.15, 0.2) is 42.2 Å². The highest BCUT2D eigenvalue weighted by Crippen LogP contribution is 2.40. The Hall–Kier alpha value is -2.49. The Bertz CT molecular complexity index is 1680. The van der Waals surface area contributed by atoms with Crippen LogP contribution in [0.2, 0.25) is 0 Å². The molecule has 0 spiro atoms. The minimum Gasteiger partial charge on any atom is -0.459 e. The maximum absolute atomic E-state index is 14.1. The molecule has 3 aliphatic heterocycles. The Morgan fingerprint density at radius 2 is 1.58 bits per heavy atom. The van der Waals surface area contributed by atoms with Crippen LogP contribution in [0.25, 0.3) is 0 Å². The molecular formula is C52H95N5O12. The van der Waals surface area contributed by atoms with Crippen molar-refractivity contribution in [3.05, 3.63) is 47.8 Å². The maximum atomic E-state index is 14.1. The van der Waals surface area contributed by atoms with Crippen molar-refractivity contribution in [3.63, 3.8) is 0 Å². The number of esters is 1. The van der Waals surface area contributed by atoms with Crippen molar-refractivity contribution in [2.45, 2.75) is 211 Å². The molecule has 0 amide bonds. The predicted molar refractivity (Wildman–Crippen MR) is 267 cm³/mol. The van der Waals surface area contributed by atoms with Gasteiger partial charge in [0.1, 0.15) is 30.0 Å². The zero-order valence-electron chi connectivity index (χ0n) is 44.6. The fourth-order valence-corrected chi connectivity index (χ4v) is 10.1. The number of carbonyl (C=O) groups is 1. The summed E-state index contributed by atoms with van der Waals surface area (Å²) in [7, 11) is 7.52. The number of aliphatic hydroxyl groups excluding tert-OH is 3. The van der Waals surface area contributed by atoms with Crippen molar-refractivity contribution in [2.75, 3.05) is 47.9 Å². The number of unbranched alkanes of at least 4 members (excludes halogenated alkanes) is 1. The highest BCUT2D eigenvalue weighted by atomic mass is 16.7. The quantitative estimate of drug-likeness (QED) is 0.0562. The number of benzene rings is 1. The molecule has 4 rings (SSSR count). The zero-order chi connectivity index (χ0) is 52.0. The maximum Gasteiger partial charge on any atom is 0.311 e. The summed E-state index contributed by atoms with van der Waals surface area (Å²) in [5.41, 5.74) is 3.82. The van der Waals surface area contributed by atoms with Crippen LogP contribution in [-0.2, 0) is 39.6 Å². The molecule has 69 heavy (non-hydrogen) atoms. The van der Waals surface area contributed by atoms with E-state index in [4.69, 9.17) is 40.0 Å².